The van der Waals surface area contributed by atoms with Gasteiger partial charge in [0.1, 0.15) is 24.9 Å². The molecule has 1 fully saturated rings. The second-order valence-electron chi connectivity index (χ2n) is 6.85. The Morgan fingerprint density at radius 1 is 1.26 bits per heavy atom. The average Bonchev–Trinajstić information content (AvgIpc) is 2.97. The number of benzene rings is 1. The van der Waals surface area contributed by atoms with Crippen LogP contribution in [-0.4, -0.2) is 63.8 Å². The van der Waals surface area contributed by atoms with Crippen LogP contribution in [0.4, 0.5) is 0 Å². The zero-order valence-corrected chi connectivity index (χ0v) is 21.0. The van der Waals surface area contributed by atoms with Gasteiger partial charge in [-0.1, -0.05) is 29.3 Å². The number of thiophene rings is 1. The molecule has 1 aromatic heterocycles. The van der Waals surface area contributed by atoms with Crippen LogP contribution < -0.4 is 0 Å². The molecule has 1 saturated heterocycles. The minimum atomic E-state index is -3.83. The number of hydrogen-bond donors (Lipinski definition) is 1. The van der Waals surface area contributed by atoms with Crippen molar-refractivity contribution >= 4 is 66.3 Å². The van der Waals surface area contributed by atoms with Gasteiger partial charge in [0.15, 0.2) is 9.84 Å². The van der Waals surface area contributed by atoms with Crippen LogP contribution in [-0.2, 0) is 25.1 Å². The van der Waals surface area contributed by atoms with Crippen molar-refractivity contribution < 1.29 is 27.8 Å². The molecular formula is C19H20BrCl2NO6S2. The molecule has 1 aromatic carbocycles. The monoisotopic (exact) mass is 571 g/mol. The van der Waals surface area contributed by atoms with Crippen LogP contribution in [0, 0.1) is 0 Å². The molecule has 1 aliphatic heterocycles. The zero-order chi connectivity index (χ0) is 22.6. The topological polar surface area (TPSA) is 93.1 Å². The summed E-state index contributed by atoms with van der Waals surface area (Å²) in [5.41, 5.74) is 0.275. The SMILES string of the molecule is O=C(OCCCN1CCOCC1)c1ccc(CS(=O)(=O)c2c(Cl)sc(Cl)c2Br)cc1O. The van der Waals surface area contributed by atoms with Gasteiger partial charge in [0, 0.05) is 19.6 Å². The number of halogens is 3. The Kier molecular flexibility index (Phi) is 8.65. The van der Waals surface area contributed by atoms with Crippen LogP contribution in [0.25, 0.3) is 0 Å². The minimum absolute atomic E-state index is 0.0229. The lowest BCUT2D eigenvalue weighted by Crippen LogP contribution is -2.37. The van der Waals surface area contributed by atoms with Crippen LogP contribution in [0.5, 0.6) is 5.75 Å². The summed E-state index contributed by atoms with van der Waals surface area (Å²) in [4.78, 5) is 14.4. The molecule has 0 saturated carbocycles. The van der Waals surface area contributed by atoms with E-state index in [1.165, 1.54) is 18.2 Å². The number of esters is 1. The van der Waals surface area contributed by atoms with Crippen molar-refractivity contribution in [2.75, 3.05) is 39.5 Å². The second kappa shape index (κ2) is 10.8. The van der Waals surface area contributed by atoms with Crippen molar-refractivity contribution in [3.05, 3.63) is 42.5 Å². The Labute approximate surface area is 202 Å². The van der Waals surface area contributed by atoms with Gasteiger partial charge in [-0.2, -0.15) is 0 Å². The Bertz CT molecular complexity index is 1050. The van der Waals surface area contributed by atoms with Gasteiger partial charge < -0.3 is 14.6 Å². The molecule has 0 spiro atoms. The number of nitrogens with zero attached hydrogens (tertiary/aromatic N) is 1. The number of hydrogen-bond acceptors (Lipinski definition) is 8. The van der Waals surface area contributed by atoms with E-state index in [-0.39, 0.29) is 36.0 Å². The standard InChI is InChI=1S/C19H20BrCl2NO6S2/c20-15-16(18(22)30-17(15)21)31(26,27)11-12-2-3-13(14(24)10-12)19(25)29-7-1-4-23-5-8-28-9-6-23/h2-3,10,24H,1,4-9,11H2. The molecule has 31 heavy (non-hydrogen) atoms. The molecule has 0 atom stereocenters. The largest absolute Gasteiger partial charge is 0.507 e. The molecule has 12 heteroatoms. The molecule has 2 aromatic rings. The first-order valence-electron chi connectivity index (χ1n) is 9.34. The Hall–Kier alpha value is -0.880. The molecule has 0 amide bonds. The van der Waals surface area contributed by atoms with Gasteiger partial charge in [-0.15, -0.1) is 11.3 Å². The number of sulfone groups is 1. The Morgan fingerprint density at radius 3 is 2.58 bits per heavy atom. The molecule has 0 bridgehead atoms. The van der Waals surface area contributed by atoms with E-state index in [2.05, 4.69) is 20.8 Å². The van der Waals surface area contributed by atoms with Gasteiger partial charge in [0.05, 0.1) is 30.0 Å². The lowest BCUT2D eigenvalue weighted by molar-refractivity contribution is 0.0297. The number of phenolic OH excluding ortho intramolecular Hbond substituents is 1. The van der Waals surface area contributed by atoms with E-state index in [0.29, 0.717) is 25.2 Å². The van der Waals surface area contributed by atoms with Crippen molar-refractivity contribution in [1.29, 1.82) is 0 Å². The van der Waals surface area contributed by atoms with E-state index < -0.39 is 21.6 Å². The minimum Gasteiger partial charge on any atom is -0.507 e. The van der Waals surface area contributed by atoms with Gasteiger partial charge in [-0.3, -0.25) is 4.90 Å². The summed E-state index contributed by atoms with van der Waals surface area (Å²) in [5.74, 6) is -1.43. The lowest BCUT2D eigenvalue weighted by Gasteiger charge is -2.26. The average molecular weight is 573 g/mol. The molecule has 0 radical (unpaired) electrons. The molecule has 2 heterocycles. The zero-order valence-electron chi connectivity index (χ0n) is 16.3. The Morgan fingerprint density at radius 2 is 1.97 bits per heavy atom. The summed E-state index contributed by atoms with van der Waals surface area (Å²) in [6, 6.07) is 4.04. The maximum Gasteiger partial charge on any atom is 0.341 e. The third-order valence-corrected chi connectivity index (χ3v) is 9.77. The van der Waals surface area contributed by atoms with Gasteiger partial charge >= 0.3 is 5.97 Å². The molecule has 170 valence electrons. The summed E-state index contributed by atoms with van der Waals surface area (Å²) >= 11 is 16.0. The van der Waals surface area contributed by atoms with Crippen molar-refractivity contribution in [1.82, 2.24) is 4.90 Å². The van der Waals surface area contributed by atoms with E-state index in [0.717, 1.165) is 31.0 Å². The molecule has 1 aliphatic rings. The number of phenols is 1. The molecule has 0 unspecified atom stereocenters. The quantitative estimate of drug-likeness (QED) is 0.371. The summed E-state index contributed by atoms with van der Waals surface area (Å²) in [6.45, 7) is 4.15. The fourth-order valence-electron chi connectivity index (χ4n) is 3.09. The summed E-state index contributed by atoms with van der Waals surface area (Å²) < 4.78 is 36.5. The highest BCUT2D eigenvalue weighted by Crippen LogP contribution is 2.44. The van der Waals surface area contributed by atoms with Crippen molar-refractivity contribution in [2.24, 2.45) is 0 Å². The van der Waals surface area contributed by atoms with Crippen LogP contribution in [0.2, 0.25) is 8.67 Å². The summed E-state index contributed by atoms with van der Waals surface area (Å²) in [6.07, 6.45) is 0.668. The lowest BCUT2D eigenvalue weighted by atomic mass is 10.1. The highest BCUT2D eigenvalue weighted by atomic mass is 79.9. The van der Waals surface area contributed by atoms with Crippen LogP contribution >= 0.6 is 50.5 Å². The third-order valence-electron chi connectivity index (χ3n) is 4.63. The van der Waals surface area contributed by atoms with E-state index in [4.69, 9.17) is 32.7 Å². The number of rotatable bonds is 8. The van der Waals surface area contributed by atoms with Crippen LogP contribution in [0.3, 0.4) is 0 Å². The van der Waals surface area contributed by atoms with Gasteiger partial charge in [0.2, 0.25) is 0 Å². The number of ether oxygens (including phenoxy) is 2. The first-order valence-corrected chi connectivity index (χ1v) is 13.4. The van der Waals surface area contributed by atoms with E-state index in [1.54, 1.807) is 0 Å². The Balaban J connectivity index is 1.59. The van der Waals surface area contributed by atoms with Crippen molar-refractivity contribution in [3.63, 3.8) is 0 Å². The normalized spacial score (nSPS) is 15.2. The molecular weight excluding hydrogens is 553 g/mol. The first kappa shape index (κ1) is 24.8. The van der Waals surface area contributed by atoms with E-state index >= 15 is 0 Å². The number of carbonyl (C=O) groups is 1. The summed E-state index contributed by atoms with van der Waals surface area (Å²) in [7, 11) is -3.83. The number of aromatic hydroxyl groups is 1. The second-order valence-corrected chi connectivity index (χ2v) is 11.8. The van der Waals surface area contributed by atoms with Crippen LogP contribution in [0.15, 0.2) is 27.6 Å². The fraction of sp³-hybridized carbons (Fsp3) is 0.421. The number of carbonyl (C=O) groups excluding carboxylic acids is 1. The van der Waals surface area contributed by atoms with E-state index in [9.17, 15) is 18.3 Å². The predicted molar refractivity (Wildman–Crippen MR) is 123 cm³/mol. The molecule has 0 aliphatic carbocycles. The highest BCUT2D eigenvalue weighted by Gasteiger charge is 2.27. The van der Waals surface area contributed by atoms with Gasteiger partial charge in [-0.05, 0) is 40.0 Å². The highest BCUT2D eigenvalue weighted by molar-refractivity contribution is 9.10. The molecule has 7 nitrogen and oxygen atoms in total. The molecule has 1 N–H and O–H groups in total. The summed E-state index contributed by atoms with van der Waals surface area (Å²) in [5, 5.41) is 10.2. The smallest absolute Gasteiger partial charge is 0.341 e. The van der Waals surface area contributed by atoms with Gasteiger partial charge in [-0.25, -0.2) is 13.2 Å². The molecule has 3 rings (SSSR count). The fourth-order valence-corrected chi connectivity index (χ4v) is 8.19. The van der Waals surface area contributed by atoms with Gasteiger partial charge in [0.25, 0.3) is 0 Å². The van der Waals surface area contributed by atoms with E-state index in [1.807, 2.05) is 0 Å². The maximum absolute atomic E-state index is 12.7. The first-order chi connectivity index (χ1) is 14.7. The van der Waals surface area contributed by atoms with Crippen molar-refractivity contribution in [2.45, 2.75) is 17.1 Å². The maximum atomic E-state index is 12.7. The third kappa shape index (κ3) is 6.34. The van der Waals surface area contributed by atoms with Crippen molar-refractivity contribution in [3.8, 4) is 5.75 Å². The van der Waals surface area contributed by atoms with Crippen LogP contribution in [0.1, 0.15) is 22.3 Å². The predicted octanol–water partition coefficient (Wildman–Crippen LogP) is 4.38. The number of morpholine rings is 1.